The highest BCUT2D eigenvalue weighted by molar-refractivity contribution is 14.0. The van der Waals surface area contributed by atoms with Crippen LogP contribution in [0.15, 0.2) is 29.3 Å². The van der Waals surface area contributed by atoms with Gasteiger partial charge < -0.3 is 15.4 Å². The number of amides is 2. The smallest absolute Gasteiger partial charge is 0.261 e. The molecular weight excluding hydrogens is 531 g/mol. The highest BCUT2D eigenvalue weighted by Crippen LogP contribution is 2.41. The molecule has 1 aromatic rings. The minimum absolute atomic E-state index is 0. The van der Waals surface area contributed by atoms with Crippen molar-refractivity contribution in [3.8, 4) is 0 Å². The van der Waals surface area contributed by atoms with Crippen LogP contribution in [0.3, 0.4) is 0 Å². The molecule has 2 N–H and O–H groups in total. The average Bonchev–Trinajstić information content (AvgIpc) is 3.36. The first-order valence-corrected chi connectivity index (χ1v) is 12.2. The van der Waals surface area contributed by atoms with E-state index in [2.05, 4.69) is 17.6 Å². The number of aliphatic imine (C=N–C) groups is 1. The molecule has 3 rings (SSSR count). The fraction of sp³-hybridized carbons (Fsp3) is 0.640. The molecular formula is C25H39IN4O3. The molecule has 33 heavy (non-hydrogen) atoms. The lowest BCUT2D eigenvalue weighted by molar-refractivity contribution is 0.0651. The second-order valence-corrected chi connectivity index (χ2v) is 8.79. The zero-order valence-corrected chi connectivity index (χ0v) is 22.4. The van der Waals surface area contributed by atoms with Crippen LogP contribution in [0.25, 0.3) is 0 Å². The molecule has 0 radical (unpaired) electrons. The van der Waals surface area contributed by atoms with Crippen molar-refractivity contribution < 1.29 is 14.3 Å². The van der Waals surface area contributed by atoms with Crippen LogP contribution in [0.5, 0.6) is 0 Å². The maximum Gasteiger partial charge on any atom is 0.261 e. The first kappa shape index (κ1) is 27.6. The summed E-state index contributed by atoms with van der Waals surface area (Å²) in [5, 5.41) is 6.75. The number of guanidine groups is 1. The van der Waals surface area contributed by atoms with E-state index in [0.29, 0.717) is 17.7 Å². The first-order valence-electron chi connectivity index (χ1n) is 12.2. The zero-order chi connectivity index (χ0) is 22.8. The molecule has 7 nitrogen and oxygen atoms in total. The minimum Gasteiger partial charge on any atom is -0.382 e. The van der Waals surface area contributed by atoms with E-state index in [9.17, 15) is 9.59 Å². The largest absolute Gasteiger partial charge is 0.382 e. The number of hydrogen-bond donors (Lipinski definition) is 2. The fourth-order valence-electron chi connectivity index (χ4n) is 4.68. The van der Waals surface area contributed by atoms with Gasteiger partial charge >= 0.3 is 0 Å². The molecule has 184 valence electrons. The van der Waals surface area contributed by atoms with Crippen LogP contribution in [0, 0.1) is 5.41 Å². The Morgan fingerprint density at radius 3 is 2.33 bits per heavy atom. The molecule has 0 atom stereocenters. The Kier molecular flexibility index (Phi) is 11.6. The fourth-order valence-corrected chi connectivity index (χ4v) is 4.68. The van der Waals surface area contributed by atoms with Gasteiger partial charge in [-0.3, -0.25) is 19.5 Å². The number of ether oxygens (including phenoxy) is 1. The SMILES string of the molecule is CCNC(=NCC1(CCOCC)CCCC1)NCCCCN1C(=O)c2ccccc2C1=O.I. The molecule has 1 aliphatic carbocycles. The number of nitrogens with zero attached hydrogens (tertiary/aromatic N) is 2. The van der Waals surface area contributed by atoms with Gasteiger partial charge in [0.15, 0.2) is 5.96 Å². The van der Waals surface area contributed by atoms with E-state index in [-0.39, 0.29) is 41.2 Å². The molecule has 1 aliphatic heterocycles. The highest BCUT2D eigenvalue weighted by atomic mass is 127. The minimum atomic E-state index is -0.178. The summed E-state index contributed by atoms with van der Waals surface area (Å²) in [7, 11) is 0. The van der Waals surface area contributed by atoms with Gasteiger partial charge in [-0.25, -0.2) is 0 Å². The summed E-state index contributed by atoms with van der Waals surface area (Å²) in [6, 6.07) is 7.04. The summed E-state index contributed by atoms with van der Waals surface area (Å²) in [4.78, 5) is 31.2. The van der Waals surface area contributed by atoms with Gasteiger partial charge in [0.1, 0.15) is 0 Å². The van der Waals surface area contributed by atoms with Gasteiger partial charge in [0, 0.05) is 39.4 Å². The summed E-state index contributed by atoms with van der Waals surface area (Å²) in [6.45, 7) is 8.53. The van der Waals surface area contributed by atoms with Gasteiger partial charge in [-0.15, -0.1) is 24.0 Å². The lowest BCUT2D eigenvalue weighted by Gasteiger charge is -2.27. The van der Waals surface area contributed by atoms with Crippen LogP contribution in [0.2, 0.25) is 0 Å². The number of nitrogens with one attached hydrogen (secondary N) is 2. The monoisotopic (exact) mass is 570 g/mol. The predicted octanol–water partition coefficient (Wildman–Crippen LogP) is 4.22. The molecule has 0 spiro atoms. The topological polar surface area (TPSA) is 83.0 Å². The second kappa shape index (κ2) is 13.9. The van der Waals surface area contributed by atoms with Crippen LogP contribution in [0.1, 0.15) is 79.5 Å². The molecule has 0 aromatic heterocycles. The molecule has 1 aromatic carbocycles. The average molecular weight is 571 g/mol. The summed E-state index contributed by atoms with van der Waals surface area (Å²) in [6.07, 6.45) is 7.70. The number of rotatable bonds is 12. The van der Waals surface area contributed by atoms with Crippen molar-refractivity contribution in [2.75, 3.05) is 39.4 Å². The number of benzene rings is 1. The van der Waals surface area contributed by atoms with E-state index in [0.717, 1.165) is 58.1 Å². The lowest BCUT2D eigenvalue weighted by Crippen LogP contribution is -2.39. The van der Waals surface area contributed by atoms with E-state index in [1.807, 2.05) is 6.92 Å². The summed E-state index contributed by atoms with van der Waals surface area (Å²) in [5.74, 6) is 0.487. The Morgan fingerprint density at radius 1 is 1.06 bits per heavy atom. The van der Waals surface area contributed by atoms with Crippen LogP contribution in [0.4, 0.5) is 0 Å². The van der Waals surface area contributed by atoms with Gasteiger partial charge in [-0.1, -0.05) is 25.0 Å². The molecule has 2 aliphatic rings. The van der Waals surface area contributed by atoms with Crippen LogP contribution >= 0.6 is 24.0 Å². The van der Waals surface area contributed by atoms with Crippen molar-refractivity contribution in [3.05, 3.63) is 35.4 Å². The molecule has 0 unspecified atom stereocenters. The number of carbonyl (C=O) groups is 2. The third-order valence-corrected chi connectivity index (χ3v) is 6.54. The standard InChI is InChI=1S/C25H38N4O3.HI/c1-3-26-24(28-19-25(13-7-8-14-25)15-18-32-4-2)27-16-9-10-17-29-22(30)20-11-5-6-12-21(20)23(29)31;/h5-6,11-12H,3-4,7-10,13-19H2,1-2H3,(H2,26,27,28);1H. The van der Waals surface area contributed by atoms with Gasteiger partial charge in [0.05, 0.1) is 11.1 Å². The Balaban J connectivity index is 0.00000385. The van der Waals surface area contributed by atoms with Crippen molar-refractivity contribution >= 4 is 41.8 Å². The maximum atomic E-state index is 12.5. The third kappa shape index (κ3) is 7.40. The number of fused-ring (bicyclic) bond motifs is 1. The van der Waals surface area contributed by atoms with Gasteiger partial charge in [-0.05, 0) is 63.5 Å². The van der Waals surface area contributed by atoms with Crippen molar-refractivity contribution in [2.24, 2.45) is 10.4 Å². The Labute approximate surface area is 215 Å². The first-order chi connectivity index (χ1) is 15.6. The van der Waals surface area contributed by atoms with Crippen molar-refractivity contribution in [3.63, 3.8) is 0 Å². The van der Waals surface area contributed by atoms with Gasteiger partial charge in [-0.2, -0.15) is 0 Å². The Bertz CT molecular complexity index is 774. The van der Waals surface area contributed by atoms with Crippen molar-refractivity contribution in [2.45, 2.75) is 58.8 Å². The quantitative estimate of drug-likeness (QED) is 0.129. The van der Waals surface area contributed by atoms with Crippen LogP contribution < -0.4 is 10.6 Å². The predicted molar refractivity (Wildman–Crippen MR) is 142 cm³/mol. The number of halogens is 1. The maximum absolute atomic E-state index is 12.5. The van der Waals surface area contributed by atoms with E-state index < -0.39 is 0 Å². The van der Waals surface area contributed by atoms with E-state index in [1.165, 1.54) is 30.6 Å². The molecule has 1 heterocycles. The van der Waals surface area contributed by atoms with Gasteiger partial charge in [0.25, 0.3) is 11.8 Å². The Hall–Kier alpha value is -1.68. The number of hydrogen-bond acceptors (Lipinski definition) is 4. The Morgan fingerprint density at radius 2 is 1.73 bits per heavy atom. The summed E-state index contributed by atoms with van der Waals surface area (Å²) in [5.41, 5.74) is 1.30. The van der Waals surface area contributed by atoms with E-state index >= 15 is 0 Å². The van der Waals surface area contributed by atoms with E-state index in [4.69, 9.17) is 9.73 Å². The molecule has 2 amide bonds. The van der Waals surface area contributed by atoms with Crippen molar-refractivity contribution in [1.29, 1.82) is 0 Å². The van der Waals surface area contributed by atoms with Gasteiger partial charge in [0.2, 0.25) is 0 Å². The summed E-state index contributed by atoms with van der Waals surface area (Å²) < 4.78 is 5.61. The van der Waals surface area contributed by atoms with E-state index in [1.54, 1.807) is 24.3 Å². The molecule has 1 fully saturated rings. The molecule has 8 heteroatoms. The van der Waals surface area contributed by atoms with Crippen LogP contribution in [-0.2, 0) is 4.74 Å². The lowest BCUT2D eigenvalue weighted by atomic mass is 9.83. The molecule has 1 saturated carbocycles. The number of unbranched alkanes of at least 4 members (excludes halogenated alkanes) is 1. The summed E-state index contributed by atoms with van der Waals surface area (Å²) >= 11 is 0. The molecule has 0 saturated heterocycles. The number of imide groups is 1. The molecule has 0 bridgehead atoms. The third-order valence-electron chi connectivity index (χ3n) is 6.54. The van der Waals surface area contributed by atoms with Crippen LogP contribution in [-0.4, -0.2) is 62.1 Å². The van der Waals surface area contributed by atoms with Crippen molar-refractivity contribution in [1.82, 2.24) is 15.5 Å². The normalized spacial score (nSPS) is 17.2. The number of carbonyl (C=O) groups excluding carboxylic acids is 2. The zero-order valence-electron chi connectivity index (χ0n) is 20.0. The highest BCUT2D eigenvalue weighted by Gasteiger charge is 2.35. The second-order valence-electron chi connectivity index (χ2n) is 8.79.